The van der Waals surface area contributed by atoms with E-state index < -0.39 is 34.3 Å². The number of carbonyl (C=O) groups excluding carboxylic acids is 3. The summed E-state index contributed by atoms with van der Waals surface area (Å²) in [6.07, 6.45) is 5.17. The molecule has 0 radical (unpaired) electrons. The summed E-state index contributed by atoms with van der Waals surface area (Å²) >= 11 is 6.25. The van der Waals surface area contributed by atoms with E-state index in [2.05, 4.69) is 28.3 Å². The number of alkyl halides is 3. The Balaban J connectivity index is 0.000000148. The minimum Gasteiger partial charge on any atom is -0.493 e. The van der Waals surface area contributed by atoms with Crippen LogP contribution in [-0.4, -0.2) is 136 Å². The fraction of sp³-hybridized carbons (Fsp3) is 0.370. The van der Waals surface area contributed by atoms with Gasteiger partial charge in [-0.15, -0.1) is 0 Å². The van der Waals surface area contributed by atoms with Gasteiger partial charge < -0.3 is 71.4 Å². The van der Waals surface area contributed by atoms with Gasteiger partial charge in [-0.1, -0.05) is 42.8 Å². The van der Waals surface area contributed by atoms with Crippen LogP contribution in [0, 0.1) is 5.82 Å². The molecule has 2 atom stereocenters. The van der Waals surface area contributed by atoms with Crippen molar-refractivity contribution in [1.29, 1.82) is 0 Å². The molecule has 18 nitrogen and oxygen atoms in total. The van der Waals surface area contributed by atoms with Crippen molar-refractivity contribution in [2.45, 2.75) is 126 Å². The molecule has 6 aromatic carbocycles. The van der Waals surface area contributed by atoms with Gasteiger partial charge in [-0.25, -0.2) is 4.39 Å². The van der Waals surface area contributed by atoms with E-state index in [1.807, 2.05) is 83.6 Å². The highest BCUT2D eigenvalue weighted by Gasteiger charge is 2.50. The Bertz CT molecular complexity index is 4660. The SMILES string of the molecule is CC(C)(O)Cc1ccc(C(=O)N2CCC3(CC2)Oc2ccccc2-n2c(C(F)(F)F)ccc23)cc1.CC[C@@H](C)Oc1ccc(C(=O)N2CCC3(CC2)Oc2cc(Cl)ccc2-n2cccc23)cc1OC.COc1cc(C(=O)N2CCC3(CC2)Oc2cc(F)ccc2-n2cccc23)ccc1O[C@@H]1CCOC1.[HH].[HH]. The van der Waals surface area contributed by atoms with Crippen molar-refractivity contribution in [2.24, 2.45) is 0 Å². The van der Waals surface area contributed by atoms with Gasteiger partial charge in [0.05, 0.1) is 73.3 Å². The Labute approximate surface area is 609 Å². The van der Waals surface area contributed by atoms with Gasteiger partial charge in [0.1, 0.15) is 34.9 Å². The van der Waals surface area contributed by atoms with Gasteiger partial charge in [0.15, 0.2) is 39.8 Å². The maximum Gasteiger partial charge on any atom is 0.431 e. The number of aliphatic hydroxyl groups is 1. The quantitative estimate of drug-likeness (QED) is 0.115. The molecule has 104 heavy (non-hydrogen) atoms. The lowest BCUT2D eigenvalue weighted by atomic mass is 9.86. The minimum atomic E-state index is -4.50. The average Bonchev–Trinajstić information content (AvgIpc) is 0.985. The highest BCUT2D eigenvalue weighted by Crippen LogP contribution is 2.51. The Morgan fingerprint density at radius 1 is 0.587 bits per heavy atom. The molecule has 0 aliphatic carbocycles. The lowest BCUT2D eigenvalue weighted by Gasteiger charge is -2.45. The molecule has 3 spiro atoms. The number of methoxy groups -OCH3 is 2. The molecule has 4 saturated heterocycles. The van der Waals surface area contributed by atoms with Gasteiger partial charge in [0.2, 0.25) is 0 Å². The molecule has 7 aliphatic rings. The Kier molecular flexibility index (Phi) is 19.6. The number of fused-ring (bicyclic) bond motifs is 12. The van der Waals surface area contributed by atoms with E-state index in [-0.39, 0.29) is 38.6 Å². The predicted octanol–water partition coefficient (Wildman–Crippen LogP) is 16.0. The molecule has 0 unspecified atom stereocenters. The predicted molar refractivity (Wildman–Crippen MR) is 387 cm³/mol. The molecule has 1 N–H and O–H groups in total. The smallest absolute Gasteiger partial charge is 0.431 e. The van der Waals surface area contributed by atoms with Crippen molar-refractivity contribution in [2.75, 3.05) is 66.7 Å². The number of halogens is 5. The summed E-state index contributed by atoms with van der Waals surface area (Å²) in [6, 6.07) is 45.7. The molecular formula is C81H87ClF4N6O12. The number of hydrogen-bond acceptors (Lipinski definition) is 12. The average molecular weight is 1450 g/mol. The van der Waals surface area contributed by atoms with Gasteiger partial charge in [0, 0.05) is 140 Å². The van der Waals surface area contributed by atoms with Crippen molar-refractivity contribution in [3.05, 3.63) is 226 Å². The first-order valence-electron chi connectivity index (χ1n) is 35.3. The first kappa shape index (κ1) is 71.1. The summed E-state index contributed by atoms with van der Waals surface area (Å²) in [5, 5.41) is 10.6. The molecule has 3 amide bonds. The zero-order valence-electron chi connectivity index (χ0n) is 58.9. The van der Waals surface area contributed by atoms with Gasteiger partial charge in [-0.2, -0.15) is 13.2 Å². The number of rotatable bonds is 12. The third kappa shape index (κ3) is 14.1. The van der Waals surface area contributed by atoms with Crippen LogP contribution in [0.25, 0.3) is 17.1 Å². The molecule has 7 aliphatic heterocycles. The number of hydrogen-bond donors (Lipinski definition) is 1. The number of nitrogens with zero attached hydrogens (tertiary/aromatic N) is 6. The third-order valence-electron chi connectivity index (χ3n) is 20.8. The second-order valence-electron chi connectivity index (χ2n) is 28.2. The number of amides is 3. The summed E-state index contributed by atoms with van der Waals surface area (Å²) in [5.74, 6) is 3.54. The first-order valence-corrected chi connectivity index (χ1v) is 35.7. The molecule has 4 fully saturated rings. The van der Waals surface area contributed by atoms with Crippen molar-refractivity contribution < 1.29 is 77.8 Å². The highest BCUT2D eigenvalue weighted by atomic mass is 35.5. The standard InChI is InChI=1S/C27H29ClN2O4.C27H27F3N2O3.C27H27FN2O5.2H2/c1-4-18(2)33-22-10-7-19(16-24(22)32-3)26(31)29-14-11-27(12-15-29)25-6-5-13-30(25)21-9-8-20(28)17-23(21)34-27;1-25(2,34)17-18-7-9-19(10-8-18)24(33)31-15-13-26(14-16-31)22-11-12-23(27(28,29)30)32(22)20-5-3-4-6-21(20)35-26;1-32-24-15-18(4-7-22(24)34-20-8-14-33-17-20)26(31)29-12-9-27(10-13-29)25-3-2-11-30(25)21-6-5-19(28)16-23(21)35-27;;/h5-10,13,16-18H,4,11-12,14-15H2,1-3H3;3-12,34H,13-17H2,1-2H3;2-7,11,15-16,20H,8-10,12-14,17H2,1H3;2*1H/t18-;;20-;;/m1.1../s1. The van der Waals surface area contributed by atoms with Gasteiger partial charge in [-0.05, 0) is 154 Å². The summed E-state index contributed by atoms with van der Waals surface area (Å²) in [5.41, 5.74) is 3.82. The minimum absolute atomic E-state index is 0. The molecular weight excluding hydrogens is 1360 g/mol. The van der Waals surface area contributed by atoms with Crippen LogP contribution < -0.4 is 33.2 Å². The lowest BCUT2D eigenvalue weighted by molar-refractivity contribution is -0.143. The molecule has 0 saturated carbocycles. The van der Waals surface area contributed by atoms with Gasteiger partial charge >= 0.3 is 6.18 Å². The number of para-hydroxylation sites is 2. The van der Waals surface area contributed by atoms with Crippen LogP contribution in [0.3, 0.4) is 0 Å². The Morgan fingerprint density at radius 2 is 1.10 bits per heavy atom. The van der Waals surface area contributed by atoms with Crippen LogP contribution in [0.15, 0.2) is 170 Å². The van der Waals surface area contributed by atoms with E-state index in [1.54, 1.807) is 99.7 Å². The lowest BCUT2D eigenvalue weighted by Crippen LogP contribution is -2.50. The number of carbonyl (C=O) groups is 3. The Hall–Kier alpha value is -9.90. The van der Waals surface area contributed by atoms with Gasteiger partial charge in [-0.3, -0.25) is 14.4 Å². The monoisotopic (exact) mass is 1450 g/mol. The highest BCUT2D eigenvalue weighted by molar-refractivity contribution is 6.30. The van der Waals surface area contributed by atoms with Crippen LogP contribution in [0.1, 0.15) is 141 Å². The van der Waals surface area contributed by atoms with Crippen LogP contribution >= 0.6 is 11.6 Å². The van der Waals surface area contributed by atoms with Crippen molar-refractivity contribution in [3.63, 3.8) is 0 Å². The van der Waals surface area contributed by atoms with E-state index in [4.69, 9.17) is 49.5 Å². The van der Waals surface area contributed by atoms with E-state index in [1.165, 1.54) is 22.8 Å². The summed E-state index contributed by atoms with van der Waals surface area (Å²) in [7, 11) is 3.17. The van der Waals surface area contributed by atoms with Crippen molar-refractivity contribution in [1.82, 2.24) is 28.4 Å². The fourth-order valence-electron chi connectivity index (χ4n) is 15.2. The molecule has 3 aromatic heterocycles. The summed E-state index contributed by atoms with van der Waals surface area (Å²) < 4.78 is 109. The topological polar surface area (TPSA) is 170 Å². The fourth-order valence-corrected chi connectivity index (χ4v) is 15.4. The maximum atomic E-state index is 13.9. The number of piperidine rings is 3. The number of likely N-dealkylation sites (tertiary alicyclic amines) is 3. The van der Waals surface area contributed by atoms with Crippen LogP contribution in [0.4, 0.5) is 17.6 Å². The second-order valence-corrected chi connectivity index (χ2v) is 28.6. The van der Waals surface area contributed by atoms with Crippen molar-refractivity contribution in [3.8, 4) is 57.3 Å². The molecule has 548 valence electrons. The van der Waals surface area contributed by atoms with E-state index in [0.717, 1.165) is 53.0 Å². The van der Waals surface area contributed by atoms with E-state index in [0.29, 0.717) is 165 Å². The molecule has 23 heteroatoms. The normalized spacial score (nSPS) is 18.0. The van der Waals surface area contributed by atoms with Gasteiger partial charge in [0.25, 0.3) is 17.7 Å². The Morgan fingerprint density at radius 3 is 1.63 bits per heavy atom. The molecule has 9 aromatic rings. The number of ether oxygens (including phenoxy) is 8. The maximum absolute atomic E-state index is 13.9. The number of aromatic nitrogens is 3. The zero-order valence-corrected chi connectivity index (χ0v) is 59.6. The van der Waals surface area contributed by atoms with Crippen LogP contribution in [-0.2, 0) is 34.1 Å². The van der Waals surface area contributed by atoms with E-state index in [9.17, 15) is 37.1 Å². The first-order chi connectivity index (χ1) is 50.0. The second kappa shape index (κ2) is 28.6. The van der Waals surface area contributed by atoms with E-state index >= 15 is 0 Å². The number of benzene rings is 6. The summed E-state index contributed by atoms with van der Waals surface area (Å²) in [6.45, 7) is 11.7. The third-order valence-corrected chi connectivity index (χ3v) is 21.0. The van der Waals surface area contributed by atoms with Crippen LogP contribution in [0.5, 0.6) is 40.2 Å². The molecule has 10 heterocycles. The molecule has 16 rings (SSSR count). The summed E-state index contributed by atoms with van der Waals surface area (Å²) in [4.78, 5) is 45.3. The zero-order chi connectivity index (χ0) is 72.9. The largest absolute Gasteiger partial charge is 0.493 e. The van der Waals surface area contributed by atoms with Crippen molar-refractivity contribution >= 4 is 29.3 Å². The van der Waals surface area contributed by atoms with Crippen LogP contribution in [0.2, 0.25) is 5.02 Å². The molecule has 0 bridgehead atoms.